The van der Waals surface area contributed by atoms with Crippen LogP contribution in [-0.4, -0.2) is 24.2 Å². The third kappa shape index (κ3) is 2.39. The van der Waals surface area contributed by atoms with Gasteiger partial charge in [-0.05, 0) is 40.5 Å². The quantitative estimate of drug-likeness (QED) is 0.897. The predicted octanol–water partition coefficient (Wildman–Crippen LogP) is 2.76. The maximum atomic E-state index is 5.42. The molecule has 0 atom stereocenters. The molecular weight excluding hydrogens is 232 g/mol. The molecule has 1 aliphatic carbocycles. The molecule has 1 heterocycles. The van der Waals surface area contributed by atoms with E-state index in [9.17, 15) is 0 Å². The number of methoxy groups -OCH3 is 1. The van der Waals surface area contributed by atoms with Crippen molar-refractivity contribution in [3.05, 3.63) is 15.6 Å². The summed E-state index contributed by atoms with van der Waals surface area (Å²) in [6.07, 6.45) is 2.45. The topological polar surface area (TPSA) is 34.1 Å². The van der Waals surface area contributed by atoms with Gasteiger partial charge in [-0.1, -0.05) is 0 Å². The molecule has 1 aliphatic rings. The summed E-state index contributed by atoms with van der Waals surface area (Å²) in [6, 6.07) is 0.470. The summed E-state index contributed by atoms with van der Waals surface area (Å²) in [6.45, 7) is 8.61. The molecule has 0 spiro atoms. The van der Waals surface area contributed by atoms with Gasteiger partial charge in [0.2, 0.25) is 0 Å². The smallest absolute Gasteiger partial charge is 0.113 e. The second-order valence-corrected chi connectivity index (χ2v) is 6.51. The number of aromatic nitrogens is 1. The summed E-state index contributed by atoms with van der Waals surface area (Å²) >= 11 is 1.82. The van der Waals surface area contributed by atoms with Gasteiger partial charge in [-0.3, -0.25) is 0 Å². The maximum Gasteiger partial charge on any atom is 0.113 e. The lowest BCUT2D eigenvalue weighted by Crippen LogP contribution is -2.57. The van der Waals surface area contributed by atoms with Crippen molar-refractivity contribution in [2.45, 2.75) is 58.2 Å². The Bertz CT molecular complexity index is 375. The van der Waals surface area contributed by atoms with Crippen LogP contribution in [0.4, 0.5) is 0 Å². The fraction of sp³-hybridized carbons (Fsp3) is 0.769. The molecule has 0 saturated heterocycles. The highest BCUT2D eigenvalue weighted by Crippen LogP contribution is 2.45. The van der Waals surface area contributed by atoms with Gasteiger partial charge in [0.05, 0.1) is 17.3 Å². The molecule has 17 heavy (non-hydrogen) atoms. The van der Waals surface area contributed by atoms with Crippen molar-refractivity contribution >= 4 is 11.3 Å². The van der Waals surface area contributed by atoms with E-state index in [2.05, 4.69) is 33.0 Å². The lowest BCUT2D eigenvalue weighted by Gasteiger charge is -2.47. The van der Waals surface area contributed by atoms with Crippen LogP contribution in [0.25, 0.3) is 0 Å². The number of rotatable bonds is 4. The fourth-order valence-electron chi connectivity index (χ4n) is 2.47. The molecule has 1 aromatic heterocycles. The lowest BCUT2D eigenvalue weighted by atomic mass is 9.74. The zero-order valence-corrected chi connectivity index (χ0v) is 12.1. The van der Waals surface area contributed by atoms with Crippen LogP contribution >= 0.6 is 11.3 Å². The molecule has 0 aromatic carbocycles. The van der Waals surface area contributed by atoms with E-state index in [0.717, 1.165) is 18.5 Å². The first-order chi connectivity index (χ1) is 7.97. The van der Waals surface area contributed by atoms with Gasteiger partial charge < -0.3 is 10.1 Å². The van der Waals surface area contributed by atoms with Crippen LogP contribution in [0.15, 0.2) is 0 Å². The van der Waals surface area contributed by atoms with Gasteiger partial charge in [0, 0.05) is 18.0 Å². The van der Waals surface area contributed by atoms with Crippen molar-refractivity contribution in [1.82, 2.24) is 10.3 Å². The minimum absolute atomic E-state index is 0.0541. The van der Waals surface area contributed by atoms with Gasteiger partial charge >= 0.3 is 0 Å². The zero-order chi connectivity index (χ0) is 12.6. The molecule has 4 heteroatoms. The average molecular weight is 254 g/mol. The van der Waals surface area contributed by atoms with Gasteiger partial charge in [-0.25, -0.2) is 4.98 Å². The van der Waals surface area contributed by atoms with Gasteiger partial charge in [0.1, 0.15) is 5.01 Å². The Kier molecular flexibility index (Phi) is 3.57. The lowest BCUT2D eigenvalue weighted by molar-refractivity contribution is -0.0364. The first kappa shape index (κ1) is 13.0. The van der Waals surface area contributed by atoms with E-state index in [4.69, 9.17) is 9.72 Å². The first-order valence-electron chi connectivity index (χ1n) is 6.22. The third-order valence-electron chi connectivity index (χ3n) is 3.49. The number of thiazole rings is 1. The molecular formula is C13H22N2OS. The minimum atomic E-state index is 0.0541. The molecule has 3 nitrogen and oxygen atoms in total. The zero-order valence-electron chi connectivity index (χ0n) is 11.3. The largest absolute Gasteiger partial charge is 0.381 e. The summed E-state index contributed by atoms with van der Waals surface area (Å²) < 4.78 is 5.42. The molecule has 1 fully saturated rings. The number of aryl methyl sites for hydroxylation is 2. The molecule has 0 amide bonds. The van der Waals surface area contributed by atoms with Crippen molar-refractivity contribution in [3.8, 4) is 0 Å². The monoisotopic (exact) mass is 254 g/mol. The molecule has 0 radical (unpaired) electrons. The molecule has 2 rings (SSSR count). The van der Waals surface area contributed by atoms with Crippen LogP contribution in [0.3, 0.4) is 0 Å². The molecule has 0 bridgehead atoms. The van der Waals surface area contributed by atoms with E-state index >= 15 is 0 Å². The number of hydrogen-bond donors (Lipinski definition) is 1. The SMILES string of the molecule is COC1CC(NC(C)C)(c2nc(C)c(C)s2)C1. The third-order valence-corrected chi connectivity index (χ3v) is 4.77. The summed E-state index contributed by atoms with van der Waals surface area (Å²) in [5.74, 6) is 0. The first-order valence-corrected chi connectivity index (χ1v) is 7.03. The maximum absolute atomic E-state index is 5.42. The molecule has 1 aromatic rings. The minimum Gasteiger partial charge on any atom is -0.381 e. The predicted molar refractivity (Wildman–Crippen MR) is 71.6 cm³/mol. The number of hydrogen-bond acceptors (Lipinski definition) is 4. The fourth-order valence-corrected chi connectivity index (χ4v) is 3.56. The Balaban J connectivity index is 2.22. The molecule has 1 saturated carbocycles. The van der Waals surface area contributed by atoms with E-state index in [1.807, 2.05) is 11.3 Å². The van der Waals surface area contributed by atoms with E-state index < -0.39 is 0 Å². The van der Waals surface area contributed by atoms with Crippen LogP contribution in [0, 0.1) is 13.8 Å². The molecule has 0 unspecified atom stereocenters. The van der Waals surface area contributed by atoms with Crippen LogP contribution in [0.1, 0.15) is 42.3 Å². The molecule has 1 N–H and O–H groups in total. The second-order valence-electron chi connectivity index (χ2n) is 5.31. The van der Waals surface area contributed by atoms with Crippen molar-refractivity contribution in [3.63, 3.8) is 0 Å². The summed E-state index contributed by atoms with van der Waals surface area (Å²) in [5.41, 5.74) is 1.22. The normalized spacial score (nSPS) is 28.5. The highest BCUT2D eigenvalue weighted by atomic mass is 32.1. The van der Waals surface area contributed by atoms with E-state index in [0.29, 0.717) is 12.1 Å². The van der Waals surface area contributed by atoms with Gasteiger partial charge in [-0.2, -0.15) is 0 Å². The summed E-state index contributed by atoms with van der Waals surface area (Å²) in [7, 11) is 1.79. The van der Waals surface area contributed by atoms with Crippen molar-refractivity contribution in [2.75, 3.05) is 7.11 Å². The Morgan fingerprint density at radius 3 is 2.47 bits per heavy atom. The van der Waals surface area contributed by atoms with Gasteiger partial charge in [0.25, 0.3) is 0 Å². The van der Waals surface area contributed by atoms with Gasteiger partial charge in [-0.15, -0.1) is 11.3 Å². The van der Waals surface area contributed by atoms with Crippen molar-refractivity contribution in [1.29, 1.82) is 0 Å². The van der Waals surface area contributed by atoms with Gasteiger partial charge in [0.15, 0.2) is 0 Å². The highest BCUT2D eigenvalue weighted by molar-refractivity contribution is 7.11. The summed E-state index contributed by atoms with van der Waals surface area (Å²) in [5, 5.41) is 4.91. The van der Waals surface area contributed by atoms with Crippen LogP contribution in [0.2, 0.25) is 0 Å². The van der Waals surface area contributed by atoms with Crippen molar-refractivity contribution in [2.24, 2.45) is 0 Å². The Morgan fingerprint density at radius 1 is 1.41 bits per heavy atom. The number of ether oxygens (including phenoxy) is 1. The van der Waals surface area contributed by atoms with Crippen LogP contribution in [-0.2, 0) is 10.3 Å². The van der Waals surface area contributed by atoms with Crippen LogP contribution in [0.5, 0.6) is 0 Å². The Hall–Kier alpha value is -0.450. The van der Waals surface area contributed by atoms with Crippen molar-refractivity contribution < 1.29 is 4.74 Å². The number of nitrogens with one attached hydrogen (secondary N) is 1. The summed E-state index contributed by atoms with van der Waals surface area (Å²) in [4.78, 5) is 6.05. The average Bonchev–Trinajstić information content (AvgIpc) is 2.52. The highest BCUT2D eigenvalue weighted by Gasteiger charge is 2.48. The Labute approximate surface area is 108 Å². The Morgan fingerprint density at radius 2 is 2.06 bits per heavy atom. The van der Waals surface area contributed by atoms with E-state index in [1.165, 1.54) is 9.88 Å². The van der Waals surface area contributed by atoms with Crippen LogP contribution < -0.4 is 5.32 Å². The van der Waals surface area contributed by atoms with E-state index in [-0.39, 0.29) is 5.54 Å². The second kappa shape index (κ2) is 4.67. The standard InChI is InChI=1S/C13H22N2OS/c1-8(2)15-13(6-11(7-13)16-5)12-14-9(3)10(4)17-12/h8,11,15H,6-7H2,1-5H3. The number of nitrogens with zero attached hydrogens (tertiary/aromatic N) is 1. The molecule has 0 aliphatic heterocycles. The molecule has 96 valence electrons. The van der Waals surface area contributed by atoms with E-state index in [1.54, 1.807) is 7.11 Å².